The third kappa shape index (κ3) is 10.4. The second kappa shape index (κ2) is 21.3. The van der Waals surface area contributed by atoms with E-state index in [2.05, 4.69) is 0 Å². The van der Waals surface area contributed by atoms with E-state index in [9.17, 15) is 81.7 Å². The molecule has 0 aromatic rings. The molecule has 372 valence electrons. The van der Waals surface area contributed by atoms with Crippen molar-refractivity contribution < 1.29 is 124 Å². The van der Waals surface area contributed by atoms with Crippen LogP contribution >= 0.6 is 0 Å². The highest BCUT2D eigenvalue weighted by Crippen LogP contribution is 2.44. The van der Waals surface area contributed by atoms with Crippen LogP contribution in [0.2, 0.25) is 0 Å². The summed E-state index contributed by atoms with van der Waals surface area (Å²) in [6.07, 6.45) is -38.0. The summed E-state index contributed by atoms with van der Waals surface area (Å²) in [4.78, 5) is 0. The molecular formula is C39H67O25+. The predicted molar refractivity (Wildman–Crippen MR) is 204 cm³/mol. The maximum absolute atomic E-state index is 11.3. The van der Waals surface area contributed by atoms with Crippen LogP contribution in [0.1, 0.15) is 45.4 Å². The fraction of sp³-hybridized carbons (Fsp3) is 1.00. The SMILES string of the molecule is C[C@@H]1O[C@@H](OC[C@H]2O[C@H](OC3CC4C(O[C@@H]5O[C@H](CO)[C@@H](O)[C@H](O)[C@H]5O)CC(O)CC4[OH+]C3C3CCC(O)C(O[C@@H]4O[C@H](CO)[C@@H](O)[C@H](O)[C@H]4O)C3)[C@H](O)[C@@H](O)[C@@H]2O)[C@H](O)[C@H](O)[C@H]1O. The van der Waals surface area contributed by atoms with Gasteiger partial charge < -0.3 is 124 Å². The molecule has 25 heteroatoms. The van der Waals surface area contributed by atoms with E-state index in [0.29, 0.717) is 6.42 Å². The summed E-state index contributed by atoms with van der Waals surface area (Å²) in [7, 11) is 0. The van der Waals surface area contributed by atoms with E-state index >= 15 is 0 Å². The molecule has 25 nitrogen and oxygen atoms in total. The van der Waals surface area contributed by atoms with E-state index in [1.54, 1.807) is 0 Å². The molecule has 0 amide bonds. The molecular weight excluding hydrogens is 868 g/mol. The molecule has 5 saturated heterocycles. The van der Waals surface area contributed by atoms with Crippen LogP contribution in [0.25, 0.3) is 0 Å². The Bertz CT molecular complexity index is 1470. The largest absolute Gasteiger partial charge is 0.427 e. The van der Waals surface area contributed by atoms with Gasteiger partial charge >= 0.3 is 0 Å². The number of hydrogen-bond acceptors (Lipinski definition) is 24. The summed E-state index contributed by atoms with van der Waals surface area (Å²) < 4.78 is 52.1. The molecule has 2 saturated carbocycles. The molecule has 0 spiro atoms. The lowest BCUT2D eigenvalue weighted by atomic mass is 9.72. The van der Waals surface area contributed by atoms with Crippen molar-refractivity contribution in [3.8, 4) is 0 Å². The van der Waals surface area contributed by atoms with Crippen molar-refractivity contribution in [3.63, 3.8) is 0 Å². The van der Waals surface area contributed by atoms with Crippen molar-refractivity contribution in [1.29, 1.82) is 0 Å². The van der Waals surface area contributed by atoms with E-state index in [1.165, 1.54) is 6.92 Å². The maximum Gasteiger partial charge on any atom is 0.187 e. The van der Waals surface area contributed by atoms with E-state index in [1.807, 2.05) is 0 Å². The van der Waals surface area contributed by atoms with Crippen molar-refractivity contribution in [2.24, 2.45) is 11.8 Å². The molecule has 29 atom stereocenters. The van der Waals surface area contributed by atoms with Gasteiger partial charge in [0, 0.05) is 18.8 Å². The first-order chi connectivity index (χ1) is 30.3. The van der Waals surface area contributed by atoms with E-state index in [-0.39, 0.29) is 32.1 Å². The second-order valence-corrected chi connectivity index (χ2v) is 18.3. The number of ether oxygens (including phenoxy) is 9. The predicted octanol–water partition coefficient (Wildman–Crippen LogP) is -9.01. The highest BCUT2D eigenvalue weighted by molar-refractivity contribution is 5.01. The highest BCUT2D eigenvalue weighted by Gasteiger charge is 2.57. The number of hydrogen-bond donors (Lipinski definition) is 16. The molecule has 2 aliphatic carbocycles. The lowest BCUT2D eigenvalue weighted by Crippen LogP contribution is -2.64. The van der Waals surface area contributed by atoms with Crippen molar-refractivity contribution >= 4 is 0 Å². The van der Waals surface area contributed by atoms with Gasteiger partial charge in [-0.1, -0.05) is 0 Å². The summed E-state index contributed by atoms with van der Waals surface area (Å²) >= 11 is 0. The Morgan fingerprint density at radius 1 is 0.469 bits per heavy atom. The molecule has 0 radical (unpaired) electrons. The van der Waals surface area contributed by atoms with E-state index in [0.717, 1.165) is 0 Å². The van der Waals surface area contributed by atoms with Crippen molar-refractivity contribution in [3.05, 3.63) is 0 Å². The molecule has 0 bridgehead atoms. The van der Waals surface area contributed by atoms with Crippen molar-refractivity contribution in [2.45, 2.75) is 211 Å². The summed E-state index contributed by atoms with van der Waals surface area (Å²) in [6, 6.07) is 0. The molecule has 7 rings (SSSR count). The summed E-state index contributed by atoms with van der Waals surface area (Å²) in [5.41, 5.74) is 0. The normalized spacial score (nSPS) is 55.2. The number of aliphatic hydroxyl groups excluding tert-OH is 16. The Morgan fingerprint density at radius 3 is 1.52 bits per heavy atom. The van der Waals surface area contributed by atoms with Gasteiger partial charge in [0.2, 0.25) is 0 Å². The van der Waals surface area contributed by atoms with E-state index in [4.69, 9.17) is 42.6 Å². The minimum atomic E-state index is -1.88. The van der Waals surface area contributed by atoms with Crippen LogP contribution in [0.3, 0.4) is 0 Å². The lowest BCUT2D eigenvalue weighted by molar-refractivity contribution is -0.371. The zero-order valence-corrected chi connectivity index (χ0v) is 35.0. The van der Waals surface area contributed by atoms with Gasteiger partial charge in [0.1, 0.15) is 97.7 Å². The minimum absolute atomic E-state index is 0.0139. The van der Waals surface area contributed by atoms with Gasteiger partial charge in [-0.15, -0.1) is 0 Å². The zero-order valence-electron chi connectivity index (χ0n) is 35.0. The lowest BCUT2D eigenvalue weighted by Gasteiger charge is -2.50. The molecule has 7 fully saturated rings. The molecule has 9 unspecified atom stereocenters. The van der Waals surface area contributed by atoms with Gasteiger partial charge in [-0.05, 0) is 32.6 Å². The van der Waals surface area contributed by atoms with Gasteiger partial charge in [0.05, 0.1) is 56.3 Å². The molecule has 7 aliphatic rings. The topological polar surface area (TPSA) is 410 Å². The van der Waals surface area contributed by atoms with E-state index < -0.39 is 197 Å². The third-order valence-corrected chi connectivity index (χ3v) is 14.0. The van der Waals surface area contributed by atoms with Gasteiger partial charge in [-0.3, -0.25) is 0 Å². The fourth-order valence-electron chi connectivity index (χ4n) is 10.1. The molecule has 0 aromatic heterocycles. The fourth-order valence-corrected chi connectivity index (χ4v) is 10.1. The summed E-state index contributed by atoms with van der Waals surface area (Å²) in [5.74, 6) is -1.14. The quantitative estimate of drug-likeness (QED) is 0.0808. The number of fused-ring (bicyclic) bond motifs is 1. The first kappa shape index (κ1) is 50.9. The van der Waals surface area contributed by atoms with Gasteiger partial charge in [-0.25, -0.2) is 0 Å². The first-order valence-corrected chi connectivity index (χ1v) is 22.0. The van der Waals surface area contributed by atoms with Crippen molar-refractivity contribution in [1.82, 2.24) is 0 Å². The Hall–Kier alpha value is -1.00. The van der Waals surface area contributed by atoms with Crippen LogP contribution in [0, 0.1) is 11.8 Å². The van der Waals surface area contributed by atoms with Crippen LogP contribution in [-0.2, 0) is 37.9 Å². The maximum atomic E-state index is 11.3. The Morgan fingerprint density at radius 2 is 0.953 bits per heavy atom. The first-order valence-electron chi connectivity index (χ1n) is 22.0. The third-order valence-electron chi connectivity index (χ3n) is 14.0. The molecule has 5 heterocycles. The molecule has 0 aromatic carbocycles. The molecule has 64 heavy (non-hydrogen) atoms. The van der Waals surface area contributed by atoms with Crippen LogP contribution in [0.4, 0.5) is 0 Å². The summed E-state index contributed by atoms with van der Waals surface area (Å²) in [5, 5.41) is 169. The van der Waals surface area contributed by atoms with Crippen LogP contribution in [0.5, 0.6) is 0 Å². The average Bonchev–Trinajstić information content (AvgIpc) is 3.27. The van der Waals surface area contributed by atoms with Crippen LogP contribution in [0.15, 0.2) is 0 Å². The number of rotatable bonds is 12. The monoisotopic (exact) mass is 935 g/mol. The van der Waals surface area contributed by atoms with Crippen LogP contribution in [-0.4, -0.2) is 272 Å². The number of aliphatic hydroxyl groups is 18. The molecule has 5 aliphatic heterocycles. The van der Waals surface area contributed by atoms with Gasteiger partial charge in [0.15, 0.2) is 37.4 Å². The zero-order chi connectivity index (χ0) is 46.5. The van der Waals surface area contributed by atoms with Crippen LogP contribution < -0.4 is 0 Å². The highest BCUT2D eigenvalue weighted by atomic mass is 16.7. The minimum Gasteiger partial charge on any atom is -0.427 e. The standard InChI is InChI=1S/C39H66O25/c1-11-23(44)27(48)31(52)36(57-11)56-10-22-26(47)30(51)34(55)39(64-22)61-19-7-14-16(5-13(42)6-17(14)59-37-32(53)28(49)24(45)20(8-40)62-37)58-35(19)12-2-3-15(43)18(4-12)60-38-33(54)29(50)25(46)21(9-41)63-38/h11-55H,2-10H2,1H3/p+1/t11-,12?,13?,14?,15?,16?,17?,18?,19?,20+,21+,22+,23-,24+,25+,26+,27+,28-,29-,30-,31+,32+,33+,34+,35?,36+,37+,38+,39-/m0/s1. The molecule has 17 N–H and O–H groups in total. The Labute approximate surface area is 366 Å². The second-order valence-electron chi connectivity index (χ2n) is 18.3. The van der Waals surface area contributed by atoms with Gasteiger partial charge in [0.25, 0.3) is 0 Å². The van der Waals surface area contributed by atoms with Crippen molar-refractivity contribution in [2.75, 3.05) is 19.8 Å². The smallest absolute Gasteiger partial charge is 0.187 e. The Kier molecular flexibility index (Phi) is 17.0. The summed E-state index contributed by atoms with van der Waals surface area (Å²) in [6.45, 7) is -0.573. The average molecular weight is 936 g/mol. The van der Waals surface area contributed by atoms with Gasteiger partial charge in [-0.2, -0.15) is 0 Å². The Balaban J connectivity index is 1.12.